The van der Waals surface area contributed by atoms with E-state index in [0.29, 0.717) is 6.42 Å². The van der Waals surface area contributed by atoms with Gasteiger partial charge in [-0.1, -0.05) is 6.92 Å². The molecule has 2 rings (SSSR count). The summed E-state index contributed by atoms with van der Waals surface area (Å²) in [6.07, 6.45) is -1.47. The molecule has 0 spiro atoms. The van der Waals surface area contributed by atoms with Gasteiger partial charge in [0.2, 0.25) is 5.88 Å². The maximum Gasteiger partial charge on any atom is 0.433 e. The summed E-state index contributed by atoms with van der Waals surface area (Å²) in [7, 11) is 0. The number of hydrogen-bond donors (Lipinski definition) is 0. The third-order valence-electron chi connectivity index (χ3n) is 2.31. The van der Waals surface area contributed by atoms with Crippen LogP contribution in [-0.2, 0) is 12.6 Å². The highest BCUT2D eigenvalue weighted by molar-refractivity contribution is 5.28. The molecule has 0 saturated heterocycles. The monoisotopic (exact) mass is 269 g/mol. The third kappa shape index (κ3) is 3.40. The van der Waals surface area contributed by atoms with Gasteiger partial charge in [-0.25, -0.2) is 9.97 Å². The molecule has 2 aromatic rings. The van der Waals surface area contributed by atoms with Crippen LogP contribution < -0.4 is 4.74 Å². The zero-order valence-corrected chi connectivity index (χ0v) is 9.98. The second kappa shape index (κ2) is 5.21. The number of halogens is 3. The van der Waals surface area contributed by atoms with Crippen LogP contribution in [0.1, 0.15) is 18.3 Å². The lowest BCUT2D eigenvalue weighted by Gasteiger charge is -2.08. The van der Waals surface area contributed by atoms with Gasteiger partial charge in [0.05, 0.1) is 0 Å². The Kier molecular flexibility index (Phi) is 3.64. The van der Waals surface area contributed by atoms with Gasteiger partial charge in [0.1, 0.15) is 17.8 Å². The van der Waals surface area contributed by atoms with Gasteiger partial charge in [-0.2, -0.15) is 13.2 Å². The molecule has 0 saturated carbocycles. The van der Waals surface area contributed by atoms with Crippen LogP contribution in [0.15, 0.2) is 30.7 Å². The highest BCUT2D eigenvalue weighted by Crippen LogP contribution is 2.30. The normalized spacial score (nSPS) is 11.4. The van der Waals surface area contributed by atoms with Crippen LogP contribution in [-0.4, -0.2) is 15.0 Å². The molecule has 0 aliphatic carbocycles. The molecule has 0 unspecified atom stereocenters. The molecule has 0 amide bonds. The summed E-state index contributed by atoms with van der Waals surface area (Å²) in [5.41, 5.74) is -0.259. The fraction of sp³-hybridized carbons (Fsp3) is 0.250. The highest BCUT2D eigenvalue weighted by atomic mass is 19.4. The van der Waals surface area contributed by atoms with Gasteiger partial charge >= 0.3 is 6.18 Å². The molecule has 0 radical (unpaired) electrons. The SMILES string of the molecule is CCc1cc(Oc2ccnc(C(F)(F)F)c2)ncn1. The first kappa shape index (κ1) is 13.3. The van der Waals surface area contributed by atoms with Gasteiger partial charge in [0, 0.05) is 24.0 Å². The summed E-state index contributed by atoms with van der Waals surface area (Å²) < 4.78 is 42.7. The van der Waals surface area contributed by atoms with Crippen LogP contribution in [0.5, 0.6) is 11.6 Å². The molecule has 0 aliphatic heterocycles. The molecule has 0 bridgehead atoms. The fourth-order valence-corrected chi connectivity index (χ4v) is 1.38. The van der Waals surface area contributed by atoms with E-state index in [1.165, 1.54) is 12.4 Å². The van der Waals surface area contributed by atoms with Gasteiger partial charge in [-0.05, 0) is 12.5 Å². The Labute approximate surface area is 107 Å². The van der Waals surface area contributed by atoms with E-state index in [9.17, 15) is 13.2 Å². The predicted octanol–water partition coefficient (Wildman–Crippen LogP) is 3.25. The van der Waals surface area contributed by atoms with E-state index in [1.807, 2.05) is 6.92 Å². The zero-order chi connectivity index (χ0) is 13.9. The van der Waals surface area contributed by atoms with Crippen molar-refractivity contribution in [3.8, 4) is 11.6 Å². The molecular weight excluding hydrogens is 259 g/mol. The largest absolute Gasteiger partial charge is 0.439 e. The lowest BCUT2D eigenvalue weighted by atomic mass is 10.3. The smallest absolute Gasteiger partial charge is 0.433 e. The Morgan fingerprint density at radius 3 is 2.63 bits per heavy atom. The van der Waals surface area contributed by atoms with Gasteiger partial charge in [0.25, 0.3) is 0 Å². The molecule has 0 aromatic carbocycles. The van der Waals surface area contributed by atoms with E-state index in [-0.39, 0.29) is 11.6 Å². The molecule has 0 N–H and O–H groups in total. The summed E-state index contributed by atoms with van der Waals surface area (Å²) in [6.45, 7) is 1.90. The Morgan fingerprint density at radius 1 is 1.16 bits per heavy atom. The Hall–Kier alpha value is -2.18. The van der Waals surface area contributed by atoms with Crippen LogP contribution in [0.4, 0.5) is 13.2 Å². The number of ether oxygens (including phenoxy) is 1. The van der Waals surface area contributed by atoms with Crippen molar-refractivity contribution in [3.63, 3.8) is 0 Å². The second-order valence-electron chi connectivity index (χ2n) is 3.68. The summed E-state index contributed by atoms with van der Waals surface area (Å²) in [5.74, 6) is 0.231. The van der Waals surface area contributed by atoms with E-state index in [0.717, 1.165) is 18.0 Å². The van der Waals surface area contributed by atoms with E-state index in [1.54, 1.807) is 6.07 Å². The fourth-order valence-electron chi connectivity index (χ4n) is 1.38. The molecular formula is C12H10F3N3O. The second-order valence-corrected chi connectivity index (χ2v) is 3.68. The number of aromatic nitrogens is 3. The molecule has 4 nitrogen and oxygen atoms in total. The topological polar surface area (TPSA) is 47.9 Å². The van der Waals surface area contributed by atoms with Crippen molar-refractivity contribution in [2.24, 2.45) is 0 Å². The first-order valence-electron chi connectivity index (χ1n) is 5.51. The van der Waals surface area contributed by atoms with Crippen molar-refractivity contribution >= 4 is 0 Å². The molecule has 0 fully saturated rings. The first-order chi connectivity index (χ1) is 8.99. The van der Waals surface area contributed by atoms with Crippen molar-refractivity contribution in [3.05, 3.63) is 42.1 Å². The van der Waals surface area contributed by atoms with Crippen LogP contribution in [0.25, 0.3) is 0 Å². The molecule has 100 valence electrons. The van der Waals surface area contributed by atoms with Gasteiger partial charge < -0.3 is 4.74 Å². The maximum atomic E-state index is 12.5. The van der Waals surface area contributed by atoms with Gasteiger partial charge in [0.15, 0.2) is 0 Å². The number of nitrogens with zero attached hydrogens (tertiary/aromatic N) is 3. The minimum atomic E-state index is -4.50. The van der Waals surface area contributed by atoms with Crippen molar-refractivity contribution in [1.29, 1.82) is 0 Å². The third-order valence-corrected chi connectivity index (χ3v) is 2.31. The average molecular weight is 269 g/mol. The maximum absolute atomic E-state index is 12.5. The molecule has 2 heterocycles. The minimum Gasteiger partial charge on any atom is -0.439 e. The van der Waals surface area contributed by atoms with E-state index in [4.69, 9.17) is 4.74 Å². The summed E-state index contributed by atoms with van der Waals surface area (Å²) in [4.78, 5) is 11.1. The molecule has 7 heteroatoms. The van der Waals surface area contributed by atoms with Gasteiger partial charge in [-0.15, -0.1) is 0 Å². The first-order valence-corrected chi connectivity index (χ1v) is 5.51. The van der Waals surface area contributed by atoms with Crippen molar-refractivity contribution < 1.29 is 17.9 Å². The zero-order valence-electron chi connectivity index (χ0n) is 9.98. The van der Waals surface area contributed by atoms with Crippen LogP contribution in [0, 0.1) is 0 Å². The number of rotatable bonds is 3. The highest BCUT2D eigenvalue weighted by Gasteiger charge is 2.32. The molecule has 0 aliphatic rings. The number of hydrogen-bond acceptors (Lipinski definition) is 4. The Bertz CT molecular complexity index is 572. The number of pyridine rings is 1. The average Bonchev–Trinajstić information content (AvgIpc) is 2.38. The van der Waals surface area contributed by atoms with E-state index < -0.39 is 11.9 Å². The summed E-state index contributed by atoms with van der Waals surface area (Å²) >= 11 is 0. The van der Waals surface area contributed by atoms with Crippen molar-refractivity contribution in [2.45, 2.75) is 19.5 Å². The summed E-state index contributed by atoms with van der Waals surface area (Å²) in [5, 5.41) is 0. The van der Waals surface area contributed by atoms with Crippen molar-refractivity contribution in [2.75, 3.05) is 0 Å². The van der Waals surface area contributed by atoms with Crippen LogP contribution in [0.3, 0.4) is 0 Å². The summed E-state index contributed by atoms with van der Waals surface area (Å²) in [6, 6.07) is 3.74. The van der Waals surface area contributed by atoms with Crippen molar-refractivity contribution in [1.82, 2.24) is 15.0 Å². The molecule has 0 atom stereocenters. The molecule has 2 aromatic heterocycles. The van der Waals surface area contributed by atoms with Crippen LogP contribution in [0.2, 0.25) is 0 Å². The van der Waals surface area contributed by atoms with E-state index >= 15 is 0 Å². The Morgan fingerprint density at radius 2 is 1.95 bits per heavy atom. The molecule has 19 heavy (non-hydrogen) atoms. The van der Waals surface area contributed by atoms with Gasteiger partial charge in [-0.3, -0.25) is 4.98 Å². The standard InChI is InChI=1S/C12H10F3N3O/c1-2-8-5-11(18-7-17-8)19-9-3-4-16-10(6-9)12(13,14)15/h3-7H,2H2,1H3. The minimum absolute atomic E-state index is 0.0306. The lowest BCUT2D eigenvalue weighted by Crippen LogP contribution is -2.07. The number of alkyl halides is 3. The quantitative estimate of drug-likeness (QED) is 0.858. The Balaban J connectivity index is 2.23. The van der Waals surface area contributed by atoms with Crippen LogP contribution >= 0.6 is 0 Å². The number of aryl methyl sites for hydroxylation is 1. The lowest BCUT2D eigenvalue weighted by molar-refractivity contribution is -0.141. The predicted molar refractivity (Wildman–Crippen MR) is 60.7 cm³/mol. The van der Waals surface area contributed by atoms with E-state index in [2.05, 4.69) is 15.0 Å².